The Labute approximate surface area is 199 Å². The quantitative estimate of drug-likeness (QED) is 0.405. The Hall–Kier alpha value is -3.44. The van der Waals surface area contributed by atoms with Crippen molar-refractivity contribution in [1.82, 2.24) is 9.80 Å². The number of carbonyl (C=O) groups is 1. The van der Waals surface area contributed by atoms with Crippen molar-refractivity contribution < 1.29 is 9.21 Å². The van der Waals surface area contributed by atoms with Crippen LogP contribution in [0.3, 0.4) is 0 Å². The molecule has 0 unspecified atom stereocenters. The van der Waals surface area contributed by atoms with Crippen molar-refractivity contribution in [3.63, 3.8) is 0 Å². The summed E-state index contributed by atoms with van der Waals surface area (Å²) in [4.78, 5) is 29.8. The normalized spacial score (nSPS) is 14.7. The van der Waals surface area contributed by atoms with Crippen molar-refractivity contribution in [2.45, 2.75) is 33.2 Å². The van der Waals surface area contributed by atoms with E-state index in [1.807, 2.05) is 36.9 Å². The lowest BCUT2D eigenvalue weighted by Crippen LogP contribution is -2.48. The minimum atomic E-state index is -0.330. The highest BCUT2D eigenvalue weighted by atomic mass is 16.4. The minimum absolute atomic E-state index is 0.104. The number of hydrogen-bond donors (Lipinski definition) is 0. The summed E-state index contributed by atoms with van der Waals surface area (Å²) < 4.78 is 5.55. The van der Waals surface area contributed by atoms with E-state index in [-0.39, 0.29) is 11.5 Å². The Bertz CT molecular complexity index is 1410. The fourth-order valence-electron chi connectivity index (χ4n) is 5.01. The molecule has 0 spiro atoms. The summed E-state index contributed by atoms with van der Waals surface area (Å²) >= 11 is 0. The van der Waals surface area contributed by atoms with E-state index < -0.39 is 0 Å². The molecule has 1 aromatic heterocycles. The van der Waals surface area contributed by atoms with Crippen molar-refractivity contribution >= 4 is 27.6 Å². The molecular formula is C29H30N2O3. The maximum absolute atomic E-state index is 12.9. The van der Waals surface area contributed by atoms with Gasteiger partial charge in [-0.25, -0.2) is 4.79 Å². The van der Waals surface area contributed by atoms with E-state index in [9.17, 15) is 9.59 Å². The molecule has 1 aliphatic heterocycles. The number of hydrogen-bond acceptors (Lipinski definition) is 4. The molecule has 0 aliphatic carbocycles. The van der Waals surface area contributed by atoms with Crippen LogP contribution in [-0.2, 0) is 17.8 Å². The second-order valence-corrected chi connectivity index (χ2v) is 9.29. The first kappa shape index (κ1) is 22.4. The molecular weight excluding hydrogens is 424 g/mol. The van der Waals surface area contributed by atoms with Crippen LogP contribution in [0.25, 0.3) is 21.7 Å². The smallest absolute Gasteiger partial charge is 0.339 e. The third-order valence-electron chi connectivity index (χ3n) is 7.03. The largest absolute Gasteiger partial charge is 0.423 e. The Balaban J connectivity index is 1.20. The van der Waals surface area contributed by atoms with Crippen molar-refractivity contribution in [1.29, 1.82) is 0 Å². The van der Waals surface area contributed by atoms with Gasteiger partial charge < -0.3 is 9.32 Å². The van der Waals surface area contributed by atoms with Crippen LogP contribution in [0.5, 0.6) is 0 Å². The molecule has 174 valence electrons. The molecule has 3 aromatic carbocycles. The molecule has 0 saturated carbocycles. The summed E-state index contributed by atoms with van der Waals surface area (Å²) in [5, 5.41) is 3.50. The number of benzene rings is 3. The van der Waals surface area contributed by atoms with Crippen molar-refractivity contribution in [2.75, 3.05) is 26.2 Å². The molecule has 5 heteroatoms. The number of rotatable bonds is 5. The van der Waals surface area contributed by atoms with E-state index in [2.05, 4.69) is 47.4 Å². The van der Waals surface area contributed by atoms with Crippen molar-refractivity contribution in [2.24, 2.45) is 0 Å². The third kappa shape index (κ3) is 4.48. The van der Waals surface area contributed by atoms with Crippen molar-refractivity contribution in [3.05, 3.63) is 93.3 Å². The first-order valence-corrected chi connectivity index (χ1v) is 12.0. The lowest BCUT2D eigenvalue weighted by atomic mass is 10.0. The van der Waals surface area contributed by atoms with Gasteiger partial charge in [-0.3, -0.25) is 9.69 Å². The summed E-state index contributed by atoms with van der Waals surface area (Å²) in [6, 6.07) is 20.8. The zero-order valence-electron chi connectivity index (χ0n) is 19.8. The molecule has 4 aromatic rings. The summed E-state index contributed by atoms with van der Waals surface area (Å²) in [7, 11) is 0. The Morgan fingerprint density at radius 3 is 2.50 bits per heavy atom. The van der Waals surface area contributed by atoms with Crippen LogP contribution in [0.4, 0.5) is 0 Å². The van der Waals surface area contributed by atoms with Gasteiger partial charge in [-0.15, -0.1) is 0 Å². The number of fused-ring (bicyclic) bond motifs is 2. The second-order valence-electron chi connectivity index (χ2n) is 9.29. The van der Waals surface area contributed by atoms with Crippen LogP contribution in [-0.4, -0.2) is 41.9 Å². The van der Waals surface area contributed by atoms with E-state index in [0.717, 1.165) is 36.1 Å². The van der Waals surface area contributed by atoms with Crippen molar-refractivity contribution in [3.8, 4) is 0 Å². The van der Waals surface area contributed by atoms with Gasteiger partial charge in [0.2, 0.25) is 5.91 Å². The predicted molar refractivity (Wildman–Crippen MR) is 136 cm³/mol. The Kier molecular flexibility index (Phi) is 6.20. The average molecular weight is 455 g/mol. The maximum Gasteiger partial charge on any atom is 0.339 e. The fourth-order valence-corrected chi connectivity index (χ4v) is 5.01. The number of amides is 1. The molecule has 1 aliphatic rings. The molecule has 1 amide bonds. The second kappa shape index (κ2) is 9.43. The first-order chi connectivity index (χ1) is 16.5. The number of aryl methyl sites for hydroxylation is 2. The van der Waals surface area contributed by atoms with Gasteiger partial charge in [-0.05, 0) is 53.8 Å². The van der Waals surface area contributed by atoms with E-state index in [1.165, 1.54) is 16.3 Å². The predicted octanol–water partition coefficient (Wildman–Crippen LogP) is 4.84. The number of piperazine rings is 1. The lowest BCUT2D eigenvalue weighted by Gasteiger charge is -2.35. The molecule has 5 nitrogen and oxygen atoms in total. The van der Waals surface area contributed by atoms with E-state index in [1.54, 1.807) is 0 Å². The summed E-state index contributed by atoms with van der Waals surface area (Å²) in [6.07, 6.45) is 0.735. The van der Waals surface area contributed by atoms with E-state index in [4.69, 9.17) is 4.42 Å². The molecule has 1 saturated heterocycles. The van der Waals surface area contributed by atoms with Gasteiger partial charge in [0.1, 0.15) is 5.58 Å². The Morgan fingerprint density at radius 1 is 0.912 bits per heavy atom. The van der Waals surface area contributed by atoms with Crippen LogP contribution < -0.4 is 5.63 Å². The highest BCUT2D eigenvalue weighted by Gasteiger charge is 2.22. The van der Waals surface area contributed by atoms with Crippen LogP contribution in [0.1, 0.15) is 28.7 Å². The number of carbonyl (C=O) groups excluding carboxylic acids is 1. The standard InChI is InChI=1S/C29H30N2O3/c1-20-10-11-24-21(2)25(29(33)34-27(24)18-20)12-13-28(32)31-16-14-30(15-17-31)19-23-8-5-7-22-6-3-4-9-26(22)23/h3-11,18H,12-17,19H2,1-2H3. The maximum atomic E-state index is 12.9. The van der Waals surface area contributed by atoms with Gasteiger partial charge in [-0.2, -0.15) is 0 Å². The summed E-state index contributed by atoms with van der Waals surface area (Å²) in [5.74, 6) is 0.104. The van der Waals surface area contributed by atoms with Gasteiger partial charge in [0.15, 0.2) is 0 Å². The van der Waals surface area contributed by atoms with Gasteiger partial charge in [-0.1, -0.05) is 54.6 Å². The lowest BCUT2D eigenvalue weighted by molar-refractivity contribution is -0.133. The molecule has 0 atom stereocenters. The number of nitrogens with zero attached hydrogens (tertiary/aromatic N) is 2. The molecule has 0 N–H and O–H groups in total. The average Bonchev–Trinajstić information content (AvgIpc) is 2.84. The van der Waals surface area contributed by atoms with Crippen LogP contribution in [0.2, 0.25) is 0 Å². The molecule has 5 rings (SSSR count). The zero-order chi connectivity index (χ0) is 23.7. The zero-order valence-corrected chi connectivity index (χ0v) is 19.8. The third-order valence-corrected chi connectivity index (χ3v) is 7.03. The van der Waals surface area contributed by atoms with Crippen LogP contribution in [0.15, 0.2) is 69.9 Å². The van der Waals surface area contributed by atoms with Gasteiger partial charge in [0.25, 0.3) is 0 Å². The Morgan fingerprint density at radius 2 is 1.68 bits per heavy atom. The molecule has 0 bridgehead atoms. The monoisotopic (exact) mass is 454 g/mol. The van der Waals surface area contributed by atoms with Gasteiger partial charge in [0.05, 0.1) is 0 Å². The van der Waals surface area contributed by atoms with E-state index >= 15 is 0 Å². The van der Waals surface area contributed by atoms with Crippen LogP contribution in [0, 0.1) is 13.8 Å². The van der Waals surface area contributed by atoms with Gasteiger partial charge >= 0.3 is 5.63 Å². The minimum Gasteiger partial charge on any atom is -0.423 e. The summed E-state index contributed by atoms with van der Waals surface area (Å²) in [6.45, 7) is 7.95. The van der Waals surface area contributed by atoms with Crippen LogP contribution >= 0.6 is 0 Å². The highest BCUT2D eigenvalue weighted by molar-refractivity contribution is 5.85. The molecule has 0 radical (unpaired) electrons. The fraction of sp³-hybridized carbons (Fsp3) is 0.310. The van der Waals surface area contributed by atoms with Gasteiger partial charge in [0, 0.05) is 50.1 Å². The molecule has 34 heavy (non-hydrogen) atoms. The first-order valence-electron chi connectivity index (χ1n) is 12.0. The van der Waals surface area contributed by atoms with E-state index in [0.29, 0.717) is 37.1 Å². The topological polar surface area (TPSA) is 53.8 Å². The molecule has 1 fully saturated rings. The summed E-state index contributed by atoms with van der Waals surface area (Å²) in [5.41, 5.74) is 4.19. The SMILES string of the molecule is Cc1ccc2c(C)c(CCC(=O)N3CCN(Cc4cccc5ccccc45)CC3)c(=O)oc2c1. The molecule has 2 heterocycles. The highest BCUT2D eigenvalue weighted by Crippen LogP contribution is 2.23.